The Morgan fingerprint density at radius 1 is 1.23 bits per heavy atom. The average molecular weight is 300 g/mol. The Kier molecular flexibility index (Phi) is 4.22. The smallest absolute Gasteiger partial charge is 0.160 e. The van der Waals surface area contributed by atoms with Crippen molar-refractivity contribution < 1.29 is 0 Å². The number of imidazole rings is 1. The molecule has 3 heterocycles. The molecule has 3 rings (SSSR count). The highest BCUT2D eigenvalue weighted by atomic mass is 15.2. The molecule has 0 bridgehead atoms. The monoisotopic (exact) mass is 300 g/mol. The maximum absolute atomic E-state index is 4.95. The fraction of sp³-hybridized carbons (Fsp3) is 0.667. The van der Waals surface area contributed by atoms with E-state index >= 15 is 0 Å². The van der Waals surface area contributed by atoms with Crippen molar-refractivity contribution in [2.75, 3.05) is 19.6 Å². The summed E-state index contributed by atoms with van der Waals surface area (Å²) in [5.41, 5.74) is 2.31. The normalized spacial score (nSPS) is 18.2. The second-order valence-electron chi connectivity index (χ2n) is 7.67. The minimum absolute atomic E-state index is 0.226. The van der Waals surface area contributed by atoms with Crippen molar-refractivity contribution >= 4 is 11.2 Å². The van der Waals surface area contributed by atoms with Crippen LogP contribution in [0.1, 0.15) is 52.3 Å². The van der Waals surface area contributed by atoms with E-state index < -0.39 is 0 Å². The van der Waals surface area contributed by atoms with Gasteiger partial charge in [-0.25, -0.2) is 9.97 Å². The van der Waals surface area contributed by atoms with E-state index in [0.717, 1.165) is 24.3 Å². The van der Waals surface area contributed by atoms with Crippen molar-refractivity contribution in [2.45, 2.75) is 53.0 Å². The van der Waals surface area contributed by atoms with Gasteiger partial charge in [0.05, 0.1) is 0 Å². The van der Waals surface area contributed by atoms with Crippen molar-refractivity contribution in [2.24, 2.45) is 5.41 Å². The van der Waals surface area contributed by atoms with Crippen LogP contribution in [0.4, 0.5) is 0 Å². The first-order chi connectivity index (χ1) is 10.5. The van der Waals surface area contributed by atoms with Gasteiger partial charge in [-0.15, -0.1) is 0 Å². The zero-order chi connectivity index (χ0) is 15.7. The molecule has 0 radical (unpaired) electrons. The van der Waals surface area contributed by atoms with Crippen LogP contribution in [0.5, 0.6) is 0 Å². The van der Waals surface area contributed by atoms with E-state index in [1.54, 1.807) is 0 Å². The first-order valence-electron chi connectivity index (χ1n) is 8.51. The van der Waals surface area contributed by atoms with Crippen molar-refractivity contribution in [3.8, 4) is 0 Å². The summed E-state index contributed by atoms with van der Waals surface area (Å²) in [7, 11) is 0. The maximum atomic E-state index is 4.95. The fourth-order valence-electron chi connectivity index (χ4n) is 3.43. The summed E-state index contributed by atoms with van der Waals surface area (Å²) in [5.74, 6) is 1.82. The van der Waals surface area contributed by atoms with Crippen molar-refractivity contribution in [3.63, 3.8) is 0 Å². The number of aromatic nitrogens is 3. The van der Waals surface area contributed by atoms with Gasteiger partial charge < -0.3 is 9.47 Å². The molecule has 1 fully saturated rings. The molecule has 1 aliphatic rings. The van der Waals surface area contributed by atoms with Crippen LogP contribution in [-0.4, -0.2) is 39.1 Å². The second-order valence-corrected chi connectivity index (χ2v) is 7.67. The van der Waals surface area contributed by atoms with Crippen LogP contribution in [0.25, 0.3) is 11.2 Å². The van der Waals surface area contributed by atoms with E-state index in [2.05, 4.69) is 48.2 Å². The maximum Gasteiger partial charge on any atom is 0.160 e. The molecule has 0 saturated carbocycles. The van der Waals surface area contributed by atoms with Gasteiger partial charge in [-0.3, -0.25) is 0 Å². The molecule has 22 heavy (non-hydrogen) atoms. The molecule has 0 spiro atoms. The molecule has 2 aromatic heterocycles. The summed E-state index contributed by atoms with van der Waals surface area (Å²) in [6.45, 7) is 13.6. The lowest BCUT2D eigenvalue weighted by Gasteiger charge is -2.31. The SMILES string of the molecule is CCN1CCC(c2nc3cccnc3n2CC(C)(C)C)CC1. The number of hydrogen-bond donors (Lipinski definition) is 0. The fourth-order valence-corrected chi connectivity index (χ4v) is 3.43. The minimum Gasteiger partial charge on any atom is -0.312 e. The number of pyridine rings is 1. The van der Waals surface area contributed by atoms with Crippen LogP contribution in [-0.2, 0) is 6.54 Å². The standard InChI is InChI=1S/C18H28N4/c1-5-21-11-8-14(9-12-21)16-20-15-7-6-10-19-17(15)22(16)13-18(2,3)4/h6-7,10,14H,5,8-9,11-13H2,1-4H3. The Morgan fingerprint density at radius 2 is 1.95 bits per heavy atom. The highest BCUT2D eigenvalue weighted by Crippen LogP contribution is 2.31. The number of nitrogens with zero attached hydrogens (tertiary/aromatic N) is 4. The molecule has 4 nitrogen and oxygen atoms in total. The average Bonchev–Trinajstić information content (AvgIpc) is 2.84. The number of fused-ring (bicyclic) bond motifs is 1. The zero-order valence-corrected chi connectivity index (χ0v) is 14.3. The van der Waals surface area contributed by atoms with E-state index in [1.807, 2.05) is 12.3 Å². The largest absolute Gasteiger partial charge is 0.312 e. The highest BCUT2D eigenvalue weighted by molar-refractivity contribution is 5.71. The predicted octanol–water partition coefficient (Wildman–Crippen LogP) is 3.68. The molecule has 0 N–H and O–H groups in total. The molecule has 0 amide bonds. The third-order valence-electron chi connectivity index (χ3n) is 4.57. The van der Waals surface area contributed by atoms with Gasteiger partial charge in [0.15, 0.2) is 5.65 Å². The van der Waals surface area contributed by atoms with E-state index in [9.17, 15) is 0 Å². The topological polar surface area (TPSA) is 34.0 Å². The van der Waals surface area contributed by atoms with Crippen molar-refractivity contribution in [1.82, 2.24) is 19.4 Å². The number of piperidine rings is 1. The molecule has 1 aliphatic heterocycles. The quantitative estimate of drug-likeness (QED) is 0.867. The molecule has 120 valence electrons. The molecular formula is C18H28N4. The number of rotatable bonds is 3. The van der Waals surface area contributed by atoms with E-state index in [1.165, 1.54) is 31.8 Å². The summed E-state index contributed by atoms with van der Waals surface area (Å²) < 4.78 is 2.38. The molecule has 1 saturated heterocycles. The van der Waals surface area contributed by atoms with Gasteiger partial charge in [0.2, 0.25) is 0 Å². The van der Waals surface area contributed by atoms with Gasteiger partial charge in [-0.2, -0.15) is 0 Å². The molecular weight excluding hydrogens is 272 g/mol. The van der Waals surface area contributed by atoms with Crippen LogP contribution in [0, 0.1) is 5.41 Å². The Hall–Kier alpha value is -1.42. The Balaban J connectivity index is 1.96. The third kappa shape index (κ3) is 3.17. The Labute approximate surface area is 133 Å². The van der Waals surface area contributed by atoms with E-state index in [-0.39, 0.29) is 5.41 Å². The highest BCUT2D eigenvalue weighted by Gasteiger charge is 2.26. The van der Waals surface area contributed by atoms with E-state index in [4.69, 9.17) is 4.98 Å². The lowest BCUT2D eigenvalue weighted by atomic mass is 9.94. The van der Waals surface area contributed by atoms with Gasteiger partial charge in [0.1, 0.15) is 11.3 Å². The van der Waals surface area contributed by atoms with Crippen LogP contribution in [0.2, 0.25) is 0 Å². The molecule has 0 aromatic carbocycles. The lowest BCUT2D eigenvalue weighted by Crippen LogP contribution is -2.33. The first kappa shape index (κ1) is 15.5. The third-order valence-corrected chi connectivity index (χ3v) is 4.57. The predicted molar refractivity (Wildman–Crippen MR) is 91.1 cm³/mol. The molecule has 0 aliphatic carbocycles. The van der Waals surface area contributed by atoms with Crippen LogP contribution in [0.3, 0.4) is 0 Å². The summed E-state index contributed by atoms with van der Waals surface area (Å²) in [6.07, 6.45) is 4.30. The first-order valence-corrected chi connectivity index (χ1v) is 8.51. The zero-order valence-electron chi connectivity index (χ0n) is 14.3. The van der Waals surface area contributed by atoms with Gasteiger partial charge in [-0.1, -0.05) is 27.7 Å². The Morgan fingerprint density at radius 3 is 2.59 bits per heavy atom. The van der Waals surface area contributed by atoms with Crippen molar-refractivity contribution in [1.29, 1.82) is 0 Å². The van der Waals surface area contributed by atoms with Crippen LogP contribution in [0.15, 0.2) is 18.3 Å². The summed E-state index contributed by atoms with van der Waals surface area (Å²) >= 11 is 0. The number of hydrogen-bond acceptors (Lipinski definition) is 3. The second kappa shape index (κ2) is 5.99. The molecule has 0 atom stereocenters. The van der Waals surface area contributed by atoms with E-state index in [0.29, 0.717) is 5.92 Å². The molecule has 0 unspecified atom stereocenters. The summed E-state index contributed by atoms with van der Waals surface area (Å²) in [6, 6.07) is 4.08. The van der Waals surface area contributed by atoms with Crippen molar-refractivity contribution in [3.05, 3.63) is 24.2 Å². The van der Waals surface area contributed by atoms with Gasteiger partial charge in [0.25, 0.3) is 0 Å². The summed E-state index contributed by atoms with van der Waals surface area (Å²) in [5, 5.41) is 0. The van der Waals surface area contributed by atoms with Gasteiger partial charge >= 0.3 is 0 Å². The van der Waals surface area contributed by atoms with Gasteiger partial charge in [-0.05, 0) is 50.0 Å². The number of likely N-dealkylation sites (tertiary alicyclic amines) is 1. The van der Waals surface area contributed by atoms with Crippen LogP contribution >= 0.6 is 0 Å². The summed E-state index contributed by atoms with van der Waals surface area (Å²) in [4.78, 5) is 12.1. The minimum atomic E-state index is 0.226. The Bertz CT molecular complexity index is 630. The molecule has 4 heteroatoms. The van der Waals surface area contributed by atoms with Crippen LogP contribution < -0.4 is 0 Å². The molecule has 2 aromatic rings. The van der Waals surface area contributed by atoms with Gasteiger partial charge in [0, 0.05) is 18.7 Å². The lowest BCUT2D eigenvalue weighted by molar-refractivity contribution is 0.215.